The molecule has 1 aromatic heterocycles. The molecule has 6 nitrogen and oxygen atoms in total. The molecule has 0 bridgehead atoms. The molecule has 0 radical (unpaired) electrons. The number of carboxylic acid groups (broad SMARTS) is 1. The molecule has 0 aliphatic rings. The van der Waals surface area contributed by atoms with Gasteiger partial charge in [0.2, 0.25) is 0 Å². The highest BCUT2D eigenvalue weighted by Gasteiger charge is 2.19. The fraction of sp³-hybridized carbons (Fsp3) is 0. The lowest BCUT2D eigenvalue weighted by atomic mass is 10.2. The van der Waals surface area contributed by atoms with Gasteiger partial charge in [0.1, 0.15) is 0 Å². The summed E-state index contributed by atoms with van der Waals surface area (Å²) in [6.07, 6.45) is 1.39. The summed E-state index contributed by atoms with van der Waals surface area (Å²) in [7, 11) is -3.97. The Morgan fingerprint density at radius 2 is 2.05 bits per heavy atom. The zero-order chi connectivity index (χ0) is 15.6. The maximum absolute atomic E-state index is 12.2. The highest BCUT2D eigenvalue weighted by molar-refractivity contribution is 14.1. The number of rotatable bonds is 4. The van der Waals surface area contributed by atoms with E-state index in [0.29, 0.717) is 3.57 Å². The first kappa shape index (κ1) is 16.0. The molecule has 0 fully saturated rings. The number of nitrogens with one attached hydrogen (secondary N) is 1. The number of nitrogens with zero attached hydrogens (tertiary/aromatic N) is 1. The van der Waals surface area contributed by atoms with Crippen molar-refractivity contribution in [3.05, 3.63) is 50.7 Å². The number of carbonyl (C=O) groups is 1. The van der Waals surface area contributed by atoms with E-state index in [9.17, 15) is 13.2 Å². The van der Waals surface area contributed by atoms with Gasteiger partial charge in [0.15, 0.2) is 5.82 Å². The molecule has 0 aliphatic carbocycles. The zero-order valence-electron chi connectivity index (χ0n) is 10.2. The number of carboxylic acids is 1. The summed E-state index contributed by atoms with van der Waals surface area (Å²) in [5.74, 6) is -1.22. The van der Waals surface area contributed by atoms with Gasteiger partial charge in [-0.3, -0.25) is 4.72 Å². The highest BCUT2D eigenvalue weighted by Crippen LogP contribution is 2.23. The third kappa shape index (κ3) is 3.63. The first-order valence-corrected chi connectivity index (χ1v) is 8.41. The number of hydrogen-bond donors (Lipinski definition) is 2. The topological polar surface area (TPSA) is 96.4 Å². The Hall–Kier alpha value is -1.39. The molecule has 1 heterocycles. The Kier molecular flexibility index (Phi) is 4.69. The fourth-order valence-electron chi connectivity index (χ4n) is 1.48. The van der Waals surface area contributed by atoms with Crippen LogP contribution in [0.4, 0.5) is 5.82 Å². The normalized spacial score (nSPS) is 11.1. The maximum Gasteiger partial charge on any atom is 0.336 e. The summed E-state index contributed by atoms with van der Waals surface area (Å²) in [5.41, 5.74) is -0.0920. The Morgan fingerprint density at radius 3 is 2.67 bits per heavy atom. The van der Waals surface area contributed by atoms with Crippen LogP contribution in [0, 0.1) is 3.57 Å². The van der Waals surface area contributed by atoms with Crippen LogP contribution in [0.25, 0.3) is 0 Å². The molecule has 21 heavy (non-hydrogen) atoms. The number of pyridine rings is 1. The molecular weight excluding hydrogens is 431 g/mol. The number of benzene rings is 1. The molecule has 0 spiro atoms. The second kappa shape index (κ2) is 6.16. The van der Waals surface area contributed by atoms with E-state index in [1.165, 1.54) is 24.4 Å². The molecule has 0 saturated carbocycles. The van der Waals surface area contributed by atoms with E-state index in [1.54, 1.807) is 6.07 Å². The molecule has 0 aliphatic heterocycles. The molecular formula is C12H8ClIN2O4S. The van der Waals surface area contributed by atoms with Crippen LogP contribution >= 0.6 is 34.2 Å². The number of halogens is 2. The van der Waals surface area contributed by atoms with Crippen molar-refractivity contribution < 1.29 is 18.3 Å². The monoisotopic (exact) mass is 438 g/mol. The van der Waals surface area contributed by atoms with Crippen LogP contribution in [0.2, 0.25) is 5.02 Å². The van der Waals surface area contributed by atoms with Gasteiger partial charge in [-0.05, 0) is 52.9 Å². The summed E-state index contributed by atoms with van der Waals surface area (Å²) in [5, 5.41) is 9.18. The van der Waals surface area contributed by atoms with E-state index < -0.39 is 16.0 Å². The van der Waals surface area contributed by atoms with Crippen molar-refractivity contribution >= 4 is 56.0 Å². The van der Waals surface area contributed by atoms with Crippen molar-refractivity contribution in [2.75, 3.05) is 4.72 Å². The molecule has 110 valence electrons. The molecule has 0 atom stereocenters. The van der Waals surface area contributed by atoms with E-state index in [4.69, 9.17) is 16.7 Å². The lowest BCUT2D eigenvalue weighted by Gasteiger charge is -2.09. The van der Waals surface area contributed by atoms with Gasteiger partial charge >= 0.3 is 5.97 Å². The molecule has 2 aromatic rings. The Morgan fingerprint density at radius 1 is 1.33 bits per heavy atom. The minimum absolute atomic E-state index is 0.0189. The largest absolute Gasteiger partial charge is 0.478 e. The quantitative estimate of drug-likeness (QED) is 0.716. The fourth-order valence-corrected chi connectivity index (χ4v) is 3.33. The average molecular weight is 439 g/mol. The van der Waals surface area contributed by atoms with E-state index in [1.807, 2.05) is 22.6 Å². The van der Waals surface area contributed by atoms with E-state index >= 15 is 0 Å². The number of aromatic nitrogens is 1. The van der Waals surface area contributed by atoms with E-state index in [-0.39, 0.29) is 21.3 Å². The zero-order valence-corrected chi connectivity index (χ0v) is 14.0. The van der Waals surface area contributed by atoms with E-state index in [2.05, 4.69) is 9.71 Å². The Labute approximate surface area is 139 Å². The first-order chi connectivity index (χ1) is 9.81. The van der Waals surface area contributed by atoms with Crippen molar-refractivity contribution in [1.29, 1.82) is 0 Å². The summed E-state index contributed by atoms with van der Waals surface area (Å²) in [4.78, 5) is 14.7. The van der Waals surface area contributed by atoms with Crippen LogP contribution in [0.1, 0.15) is 10.4 Å². The predicted octanol–water partition coefficient (Wildman–Crippen LogP) is 2.84. The summed E-state index contributed by atoms with van der Waals surface area (Å²) >= 11 is 7.66. The van der Waals surface area contributed by atoms with Gasteiger partial charge in [0.05, 0.1) is 15.5 Å². The van der Waals surface area contributed by atoms with Crippen molar-refractivity contribution in [2.24, 2.45) is 0 Å². The number of sulfonamides is 1. The van der Waals surface area contributed by atoms with Crippen LogP contribution in [-0.2, 0) is 10.0 Å². The van der Waals surface area contributed by atoms with Gasteiger partial charge in [-0.15, -0.1) is 0 Å². The number of anilines is 1. The summed E-state index contributed by atoms with van der Waals surface area (Å²) < 4.78 is 27.1. The van der Waals surface area contributed by atoms with Crippen molar-refractivity contribution in [2.45, 2.75) is 4.90 Å². The molecule has 0 amide bonds. The van der Waals surface area contributed by atoms with Gasteiger partial charge in [-0.2, -0.15) is 0 Å². The number of hydrogen-bond acceptors (Lipinski definition) is 4. The third-order valence-corrected chi connectivity index (χ3v) is 5.05. The van der Waals surface area contributed by atoms with Crippen molar-refractivity contribution in [3.8, 4) is 0 Å². The van der Waals surface area contributed by atoms with Gasteiger partial charge in [-0.25, -0.2) is 18.2 Å². The van der Waals surface area contributed by atoms with Gasteiger partial charge < -0.3 is 5.11 Å². The Bertz CT molecular complexity index is 811. The van der Waals surface area contributed by atoms with Crippen LogP contribution in [0.15, 0.2) is 41.4 Å². The van der Waals surface area contributed by atoms with Crippen LogP contribution in [0.5, 0.6) is 0 Å². The minimum atomic E-state index is -3.97. The predicted molar refractivity (Wildman–Crippen MR) is 86.2 cm³/mol. The molecule has 2 N–H and O–H groups in total. The van der Waals surface area contributed by atoms with Crippen LogP contribution in [0.3, 0.4) is 0 Å². The van der Waals surface area contributed by atoms with E-state index in [0.717, 1.165) is 6.07 Å². The standard InChI is InChI=1S/C12H8ClIN2O4S/c13-9-2-1-5-15-11(9)16-21(19,20)7-3-4-10(14)8(6-7)12(17)18/h1-6H,(H,15,16)(H,17,18). The van der Waals surface area contributed by atoms with Gasteiger partial charge in [0, 0.05) is 9.77 Å². The lowest BCUT2D eigenvalue weighted by Crippen LogP contribution is -2.15. The average Bonchev–Trinajstić information content (AvgIpc) is 2.41. The van der Waals surface area contributed by atoms with Crippen LogP contribution < -0.4 is 4.72 Å². The lowest BCUT2D eigenvalue weighted by molar-refractivity contribution is 0.0695. The minimum Gasteiger partial charge on any atom is -0.478 e. The summed E-state index contributed by atoms with van der Waals surface area (Å²) in [6.45, 7) is 0. The first-order valence-electron chi connectivity index (χ1n) is 5.47. The highest BCUT2D eigenvalue weighted by atomic mass is 127. The molecule has 9 heteroatoms. The molecule has 0 unspecified atom stereocenters. The van der Waals surface area contributed by atoms with Crippen molar-refractivity contribution in [1.82, 2.24) is 4.98 Å². The molecule has 2 rings (SSSR count). The smallest absolute Gasteiger partial charge is 0.336 e. The Balaban J connectivity index is 2.43. The molecule has 1 aromatic carbocycles. The van der Waals surface area contributed by atoms with Gasteiger partial charge in [0.25, 0.3) is 10.0 Å². The van der Waals surface area contributed by atoms with Crippen molar-refractivity contribution in [3.63, 3.8) is 0 Å². The SMILES string of the molecule is O=C(O)c1cc(S(=O)(=O)Nc2ncccc2Cl)ccc1I. The third-order valence-electron chi connectivity index (χ3n) is 2.47. The summed E-state index contributed by atoms with van der Waals surface area (Å²) in [6, 6.07) is 6.87. The second-order valence-electron chi connectivity index (χ2n) is 3.89. The maximum atomic E-state index is 12.2. The van der Waals surface area contributed by atoms with Gasteiger partial charge in [-0.1, -0.05) is 11.6 Å². The van der Waals surface area contributed by atoms with Crippen LogP contribution in [-0.4, -0.2) is 24.5 Å². The number of aromatic carboxylic acids is 1. The second-order valence-corrected chi connectivity index (χ2v) is 7.14. The molecule has 0 saturated heterocycles.